The number of benzene rings is 1. The van der Waals surface area contributed by atoms with Crippen LogP contribution in [0.5, 0.6) is 0 Å². The van der Waals surface area contributed by atoms with Crippen LogP contribution in [0, 0.1) is 17.1 Å². The Morgan fingerprint density at radius 2 is 2.25 bits per heavy atom. The van der Waals surface area contributed by atoms with Crippen molar-refractivity contribution in [3.8, 4) is 6.07 Å². The predicted octanol–water partition coefficient (Wildman–Crippen LogP) is 2.29. The highest BCUT2D eigenvalue weighted by Gasteiger charge is 2.03. The molecule has 0 aliphatic rings. The molecule has 1 aromatic carbocycles. The Labute approximate surface area is 74.9 Å². The van der Waals surface area contributed by atoms with E-state index in [9.17, 15) is 4.39 Å². The van der Waals surface area contributed by atoms with Crippen molar-refractivity contribution in [1.82, 2.24) is 0 Å². The minimum atomic E-state index is -0.553. The standard InChI is InChI=1S/C8H6ClFN2/c1-12(9)7-3-2-6(5-11)8(10)4-7/h2-4H,1H3. The van der Waals surface area contributed by atoms with E-state index in [1.807, 2.05) is 0 Å². The minimum Gasteiger partial charge on any atom is -0.288 e. The van der Waals surface area contributed by atoms with Gasteiger partial charge in [0.25, 0.3) is 0 Å². The first-order valence-electron chi connectivity index (χ1n) is 3.24. The summed E-state index contributed by atoms with van der Waals surface area (Å²) in [7, 11) is 1.59. The van der Waals surface area contributed by atoms with Gasteiger partial charge in [0, 0.05) is 18.8 Å². The molecule has 0 bridgehead atoms. The largest absolute Gasteiger partial charge is 0.288 e. The normalized spacial score (nSPS) is 9.17. The molecule has 0 unspecified atom stereocenters. The molecule has 1 rings (SSSR count). The summed E-state index contributed by atoms with van der Waals surface area (Å²) in [6.45, 7) is 0. The molecule has 0 aromatic heterocycles. The summed E-state index contributed by atoms with van der Waals surface area (Å²) >= 11 is 5.55. The lowest BCUT2D eigenvalue weighted by Gasteiger charge is -2.08. The van der Waals surface area contributed by atoms with Gasteiger partial charge in [-0.2, -0.15) is 5.26 Å². The molecule has 0 saturated heterocycles. The highest BCUT2D eigenvalue weighted by molar-refractivity contribution is 6.25. The van der Waals surface area contributed by atoms with Gasteiger partial charge in [0.2, 0.25) is 0 Å². The smallest absolute Gasteiger partial charge is 0.143 e. The number of hydrogen-bond donors (Lipinski definition) is 0. The van der Waals surface area contributed by atoms with Crippen molar-refractivity contribution in [2.24, 2.45) is 0 Å². The van der Waals surface area contributed by atoms with Gasteiger partial charge >= 0.3 is 0 Å². The minimum absolute atomic E-state index is 0.0252. The molecule has 12 heavy (non-hydrogen) atoms. The van der Waals surface area contributed by atoms with E-state index in [2.05, 4.69) is 0 Å². The third-order valence-electron chi connectivity index (χ3n) is 1.43. The Hall–Kier alpha value is -1.27. The number of nitrogens with zero attached hydrogens (tertiary/aromatic N) is 2. The van der Waals surface area contributed by atoms with E-state index in [4.69, 9.17) is 17.0 Å². The second kappa shape index (κ2) is 3.42. The molecule has 4 heteroatoms. The number of halogens is 2. The fourth-order valence-electron chi connectivity index (χ4n) is 0.786. The van der Waals surface area contributed by atoms with Gasteiger partial charge in [-0.15, -0.1) is 0 Å². The number of hydrogen-bond acceptors (Lipinski definition) is 2. The third-order valence-corrected chi connectivity index (χ3v) is 1.62. The molecule has 62 valence electrons. The summed E-state index contributed by atoms with van der Waals surface area (Å²) in [6, 6.07) is 5.91. The SMILES string of the molecule is CN(Cl)c1ccc(C#N)c(F)c1. The van der Waals surface area contributed by atoms with E-state index >= 15 is 0 Å². The van der Waals surface area contributed by atoms with Crippen LogP contribution in [0.1, 0.15) is 5.56 Å². The van der Waals surface area contributed by atoms with Crippen molar-refractivity contribution >= 4 is 17.5 Å². The lowest BCUT2D eigenvalue weighted by Crippen LogP contribution is -2.01. The second-order valence-corrected chi connectivity index (χ2v) is 2.76. The lowest BCUT2D eigenvalue weighted by molar-refractivity contribution is 0.624. The first kappa shape index (κ1) is 8.82. The maximum absolute atomic E-state index is 12.9. The molecular weight excluding hydrogens is 179 g/mol. The average molecular weight is 185 g/mol. The molecule has 0 saturated carbocycles. The molecule has 0 N–H and O–H groups in total. The van der Waals surface area contributed by atoms with Crippen molar-refractivity contribution in [3.63, 3.8) is 0 Å². The Morgan fingerprint density at radius 3 is 2.67 bits per heavy atom. The zero-order chi connectivity index (χ0) is 9.14. The van der Waals surface area contributed by atoms with Gasteiger partial charge in [-0.1, -0.05) is 0 Å². The highest BCUT2D eigenvalue weighted by Crippen LogP contribution is 2.17. The Balaban J connectivity index is 3.12. The van der Waals surface area contributed by atoms with Crippen molar-refractivity contribution in [3.05, 3.63) is 29.6 Å². The summed E-state index contributed by atoms with van der Waals surface area (Å²) in [4.78, 5) is 0. The summed E-state index contributed by atoms with van der Waals surface area (Å²) in [5.41, 5.74) is 0.547. The van der Waals surface area contributed by atoms with Crippen LogP contribution in [0.15, 0.2) is 18.2 Å². The fourth-order valence-corrected chi connectivity index (χ4v) is 0.891. The van der Waals surface area contributed by atoms with Crippen LogP contribution in [0.3, 0.4) is 0 Å². The molecule has 2 nitrogen and oxygen atoms in total. The molecule has 0 radical (unpaired) electrons. The van der Waals surface area contributed by atoms with Gasteiger partial charge < -0.3 is 0 Å². The molecule has 1 aromatic rings. The summed E-state index contributed by atoms with van der Waals surface area (Å²) < 4.78 is 14.2. The van der Waals surface area contributed by atoms with E-state index in [1.54, 1.807) is 19.2 Å². The Bertz CT molecular complexity index is 330. The van der Waals surface area contributed by atoms with E-state index < -0.39 is 5.82 Å². The van der Waals surface area contributed by atoms with Gasteiger partial charge in [0.1, 0.15) is 11.9 Å². The van der Waals surface area contributed by atoms with Gasteiger partial charge in [0.15, 0.2) is 0 Å². The van der Waals surface area contributed by atoms with Gasteiger partial charge in [0.05, 0.1) is 11.3 Å². The monoisotopic (exact) mass is 184 g/mol. The van der Waals surface area contributed by atoms with E-state index in [0.29, 0.717) is 5.69 Å². The van der Waals surface area contributed by atoms with Crippen molar-refractivity contribution in [1.29, 1.82) is 5.26 Å². The molecule has 0 aliphatic heterocycles. The van der Waals surface area contributed by atoms with E-state index in [1.165, 1.54) is 16.6 Å². The summed E-state index contributed by atoms with van der Waals surface area (Å²) in [6.07, 6.45) is 0. The van der Waals surface area contributed by atoms with Crippen LogP contribution in [0.2, 0.25) is 0 Å². The van der Waals surface area contributed by atoms with Crippen LogP contribution in [0.4, 0.5) is 10.1 Å². The Morgan fingerprint density at radius 1 is 1.58 bits per heavy atom. The summed E-state index contributed by atoms with van der Waals surface area (Å²) in [5, 5.41) is 8.41. The predicted molar refractivity (Wildman–Crippen MR) is 45.4 cm³/mol. The number of rotatable bonds is 1. The Kier molecular flexibility index (Phi) is 2.51. The van der Waals surface area contributed by atoms with E-state index in [0.717, 1.165) is 0 Å². The molecule has 0 heterocycles. The van der Waals surface area contributed by atoms with Gasteiger partial charge in [-0.05, 0) is 18.2 Å². The van der Waals surface area contributed by atoms with Crippen molar-refractivity contribution in [2.75, 3.05) is 11.5 Å². The van der Waals surface area contributed by atoms with Crippen molar-refractivity contribution < 1.29 is 4.39 Å². The average Bonchev–Trinajstić information content (AvgIpc) is 2.04. The number of nitriles is 1. The molecule has 0 aliphatic carbocycles. The van der Waals surface area contributed by atoms with Crippen LogP contribution in [-0.4, -0.2) is 7.05 Å². The lowest BCUT2D eigenvalue weighted by atomic mass is 10.2. The molecule has 0 amide bonds. The van der Waals surface area contributed by atoms with Crippen LogP contribution in [0.25, 0.3) is 0 Å². The first-order valence-corrected chi connectivity index (χ1v) is 3.58. The summed E-state index contributed by atoms with van der Waals surface area (Å²) in [5.74, 6) is -0.553. The number of anilines is 1. The maximum Gasteiger partial charge on any atom is 0.143 e. The molecule has 0 spiro atoms. The first-order chi connectivity index (χ1) is 5.65. The zero-order valence-corrected chi connectivity index (χ0v) is 7.14. The van der Waals surface area contributed by atoms with Crippen molar-refractivity contribution in [2.45, 2.75) is 0 Å². The van der Waals surface area contributed by atoms with Gasteiger partial charge in [-0.25, -0.2) is 4.39 Å². The maximum atomic E-state index is 12.9. The van der Waals surface area contributed by atoms with Crippen LogP contribution < -0.4 is 4.42 Å². The second-order valence-electron chi connectivity index (χ2n) is 2.25. The molecular formula is C8H6ClFN2. The van der Waals surface area contributed by atoms with Gasteiger partial charge in [-0.3, -0.25) is 4.42 Å². The molecule has 0 atom stereocenters. The highest BCUT2D eigenvalue weighted by atomic mass is 35.5. The van der Waals surface area contributed by atoms with E-state index in [-0.39, 0.29) is 5.56 Å². The third kappa shape index (κ3) is 1.66. The van der Waals surface area contributed by atoms with Crippen LogP contribution in [-0.2, 0) is 0 Å². The zero-order valence-electron chi connectivity index (χ0n) is 6.38. The molecule has 0 fully saturated rings. The fraction of sp³-hybridized carbons (Fsp3) is 0.125. The van der Waals surface area contributed by atoms with Crippen LogP contribution >= 0.6 is 11.8 Å². The topological polar surface area (TPSA) is 27.0 Å². The quantitative estimate of drug-likeness (QED) is 0.627.